The van der Waals surface area contributed by atoms with E-state index in [0.29, 0.717) is 19.8 Å². The lowest BCUT2D eigenvalue weighted by Gasteiger charge is -2.24. The lowest BCUT2D eigenvalue weighted by Crippen LogP contribution is -2.31. The van der Waals surface area contributed by atoms with Gasteiger partial charge in [-0.1, -0.05) is 84.5 Å². The second-order valence-electron chi connectivity index (χ2n) is 9.86. The molecule has 0 saturated heterocycles. The number of nitrogens with zero attached hydrogens (tertiary/aromatic N) is 2. The van der Waals surface area contributed by atoms with Crippen LogP contribution in [0.1, 0.15) is 124 Å². The lowest BCUT2D eigenvalue weighted by molar-refractivity contribution is 0.116. The highest BCUT2D eigenvalue weighted by Gasteiger charge is 2.24. The smallest absolute Gasteiger partial charge is 0.306 e. The Morgan fingerprint density at radius 1 is 0.514 bits per heavy atom. The molecule has 0 aliphatic carbocycles. The Balaban J connectivity index is 4.21. The minimum atomic E-state index is -3.40. The molecule has 0 aliphatic heterocycles. The predicted molar refractivity (Wildman–Crippen MR) is 151 cm³/mol. The van der Waals surface area contributed by atoms with Crippen LogP contribution in [0.2, 0.25) is 0 Å². The highest BCUT2D eigenvalue weighted by molar-refractivity contribution is 7.48. The first-order valence-corrected chi connectivity index (χ1v) is 16.4. The zero-order valence-corrected chi connectivity index (χ0v) is 25.1. The third-order valence-electron chi connectivity index (χ3n) is 6.43. The van der Waals surface area contributed by atoms with E-state index in [2.05, 4.69) is 30.7 Å². The summed E-state index contributed by atoms with van der Waals surface area (Å²) in [7, 11) is -1.16. The molecule has 0 aromatic heterocycles. The molecule has 35 heavy (non-hydrogen) atoms. The standard InChI is InChI=1S/C28H61N2O4P/c1-6-10-12-13-14-15-16-17-18-19-20-25-30(26-21-24-29(5)23-11-7-2)27-22-28-34-35(31,32-8-3)33-9-4/h6-28H2,1-5H3. The molecule has 0 atom stereocenters. The Morgan fingerprint density at radius 3 is 1.51 bits per heavy atom. The first-order valence-electron chi connectivity index (χ1n) is 15.0. The second-order valence-corrected chi connectivity index (χ2v) is 11.5. The molecule has 6 nitrogen and oxygen atoms in total. The van der Waals surface area contributed by atoms with Gasteiger partial charge in [0.2, 0.25) is 0 Å². The van der Waals surface area contributed by atoms with Gasteiger partial charge >= 0.3 is 7.82 Å². The highest BCUT2D eigenvalue weighted by Crippen LogP contribution is 2.49. The van der Waals surface area contributed by atoms with Crippen molar-refractivity contribution >= 4 is 7.82 Å². The molecule has 0 fully saturated rings. The van der Waals surface area contributed by atoms with Crippen molar-refractivity contribution in [3.8, 4) is 0 Å². The first-order chi connectivity index (χ1) is 17.0. The quantitative estimate of drug-likeness (QED) is 0.0764. The third kappa shape index (κ3) is 22.9. The summed E-state index contributed by atoms with van der Waals surface area (Å²) in [6.07, 6.45) is 19.7. The number of hydrogen-bond acceptors (Lipinski definition) is 6. The minimum absolute atomic E-state index is 0.327. The maximum atomic E-state index is 12.5. The number of rotatable bonds is 28. The van der Waals surface area contributed by atoms with Crippen molar-refractivity contribution in [1.82, 2.24) is 9.80 Å². The average molecular weight is 521 g/mol. The van der Waals surface area contributed by atoms with Crippen LogP contribution in [0.3, 0.4) is 0 Å². The number of phosphoric acid groups is 1. The average Bonchev–Trinajstić information content (AvgIpc) is 2.83. The van der Waals surface area contributed by atoms with Crippen LogP contribution in [-0.4, -0.2) is 69.4 Å². The van der Waals surface area contributed by atoms with Crippen molar-refractivity contribution in [2.75, 3.05) is 59.6 Å². The van der Waals surface area contributed by atoms with Gasteiger partial charge in [-0.2, -0.15) is 0 Å². The predicted octanol–water partition coefficient (Wildman–Crippen LogP) is 8.31. The van der Waals surface area contributed by atoms with Crippen LogP contribution in [0.25, 0.3) is 0 Å². The Morgan fingerprint density at radius 2 is 0.971 bits per heavy atom. The molecule has 7 heteroatoms. The minimum Gasteiger partial charge on any atom is -0.306 e. The summed E-state index contributed by atoms with van der Waals surface area (Å²) in [6.45, 7) is 14.8. The third-order valence-corrected chi connectivity index (χ3v) is 8.08. The van der Waals surface area contributed by atoms with E-state index in [1.807, 2.05) is 13.8 Å². The van der Waals surface area contributed by atoms with Crippen molar-refractivity contribution < 1.29 is 18.1 Å². The van der Waals surface area contributed by atoms with E-state index in [-0.39, 0.29) is 0 Å². The van der Waals surface area contributed by atoms with Gasteiger partial charge in [0, 0.05) is 6.54 Å². The molecule has 0 radical (unpaired) electrons. The fraction of sp³-hybridized carbons (Fsp3) is 1.00. The van der Waals surface area contributed by atoms with Gasteiger partial charge in [0.25, 0.3) is 0 Å². The Kier molecular flexibility index (Phi) is 25.7. The summed E-state index contributed by atoms with van der Waals surface area (Å²) in [6, 6.07) is 0. The number of phosphoric ester groups is 1. The summed E-state index contributed by atoms with van der Waals surface area (Å²) in [5, 5.41) is 0. The van der Waals surface area contributed by atoms with E-state index in [9.17, 15) is 4.57 Å². The van der Waals surface area contributed by atoms with E-state index >= 15 is 0 Å². The van der Waals surface area contributed by atoms with Gasteiger partial charge in [-0.3, -0.25) is 13.6 Å². The molecule has 0 unspecified atom stereocenters. The molecular formula is C28H61N2O4P. The molecule has 0 spiro atoms. The van der Waals surface area contributed by atoms with Gasteiger partial charge in [-0.15, -0.1) is 0 Å². The maximum Gasteiger partial charge on any atom is 0.474 e. The van der Waals surface area contributed by atoms with Gasteiger partial charge in [0.05, 0.1) is 19.8 Å². The molecule has 0 amide bonds. The lowest BCUT2D eigenvalue weighted by atomic mass is 10.1. The number of hydrogen-bond donors (Lipinski definition) is 0. The molecule has 0 N–H and O–H groups in total. The molecular weight excluding hydrogens is 459 g/mol. The van der Waals surface area contributed by atoms with Crippen LogP contribution in [0, 0.1) is 0 Å². The second kappa shape index (κ2) is 25.7. The van der Waals surface area contributed by atoms with Crippen LogP contribution < -0.4 is 0 Å². The Labute approximate surface area is 219 Å². The molecule has 0 bridgehead atoms. The SMILES string of the molecule is CCCCCCCCCCCCCN(CCCOP(=O)(OCC)OCC)CCCN(C)CCCC. The van der Waals surface area contributed by atoms with Crippen molar-refractivity contribution in [2.45, 2.75) is 124 Å². The zero-order chi connectivity index (χ0) is 26.0. The van der Waals surface area contributed by atoms with Crippen molar-refractivity contribution in [1.29, 1.82) is 0 Å². The van der Waals surface area contributed by atoms with Gasteiger partial charge in [0.1, 0.15) is 0 Å². The topological polar surface area (TPSA) is 51.2 Å². The van der Waals surface area contributed by atoms with E-state index < -0.39 is 7.82 Å². The first kappa shape index (κ1) is 35.0. The molecule has 0 aromatic rings. The molecule has 0 heterocycles. The fourth-order valence-electron chi connectivity index (χ4n) is 4.33. The largest absolute Gasteiger partial charge is 0.474 e. The van der Waals surface area contributed by atoms with Crippen molar-refractivity contribution in [3.05, 3.63) is 0 Å². The summed E-state index contributed by atoms with van der Waals surface area (Å²) in [5.41, 5.74) is 0. The molecule has 0 saturated carbocycles. The molecule has 212 valence electrons. The maximum absolute atomic E-state index is 12.5. The monoisotopic (exact) mass is 520 g/mol. The Hall–Kier alpha value is 0.0300. The van der Waals surface area contributed by atoms with Crippen LogP contribution in [-0.2, 0) is 18.1 Å². The van der Waals surface area contributed by atoms with E-state index in [1.54, 1.807) is 0 Å². The van der Waals surface area contributed by atoms with E-state index in [4.69, 9.17) is 13.6 Å². The Bertz CT molecular complexity index is 472. The highest BCUT2D eigenvalue weighted by atomic mass is 31.2. The van der Waals surface area contributed by atoms with E-state index in [1.165, 1.54) is 96.4 Å². The fourth-order valence-corrected chi connectivity index (χ4v) is 5.54. The van der Waals surface area contributed by atoms with Crippen LogP contribution in [0.4, 0.5) is 0 Å². The summed E-state index contributed by atoms with van der Waals surface area (Å²) in [5.74, 6) is 0. The van der Waals surface area contributed by atoms with Gasteiger partial charge in [0.15, 0.2) is 0 Å². The van der Waals surface area contributed by atoms with Crippen LogP contribution in [0.5, 0.6) is 0 Å². The zero-order valence-electron chi connectivity index (χ0n) is 24.2. The normalized spacial score (nSPS) is 12.3. The molecule has 0 aliphatic rings. The summed E-state index contributed by atoms with van der Waals surface area (Å²) < 4.78 is 28.5. The number of unbranched alkanes of at least 4 members (excludes halogenated alkanes) is 11. The summed E-state index contributed by atoms with van der Waals surface area (Å²) in [4.78, 5) is 5.02. The molecule has 0 aromatic carbocycles. The summed E-state index contributed by atoms with van der Waals surface area (Å²) >= 11 is 0. The molecule has 0 rings (SSSR count). The van der Waals surface area contributed by atoms with Crippen molar-refractivity contribution in [2.24, 2.45) is 0 Å². The van der Waals surface area contributed by atoms with Gasteiger partial charge in [-0.05, 0) is 72.8 Å². The van der Waals surface area contributed by atoms with Crippen LogP contribution >= 0.6 is 7.82 Å². The van der Waals surface area contributed by atoms with Gasteiger partial charge < -0.3 is 9.80 Å². The van der Waals surface area contributed by atoms with Crippen molar-refractivity contribution in [3.63, 3.8) is 0 Å². The van der Waals surface area contributed by atoms with E-state index in [0.717, 1.165) is 32.6 Å². The van der Waals surface area contributed by atoms with Crippen LogP contribution in [0.15, 0.2) is 0 Å². The van der Waals surface area contributed by atoms with Gasteiger partial charge in [-0.25, -0.2) is 4.57 Å².